The highest BCUT2D eigenvalue weighted by Gasteiger charge is 2.04. The normalized spacial score (nSPS) is 9.25. The van der Waals surface area contributed by atoms with Crippen molar-refractivity contribution in [3.05, 3.63) is 0 Å². The highest BCUT2D eigenvalue weighted by atomic mass is 16.2. The molecular weight excluding hydrogens is 156 g/mol. The van der Waals surface area contributed by atoms with Crippen molar-refractivity contribution < 1.29 is 9.59 Å². The van der Waals surface area contributed by atoms with Crippen LogP contribution in [0.3, 0.4) is 0 Å². The molecule has 0 unspecified atom stereocenters. The topological polar surface area (TPSA) is 49.4 Å². The number of carbonyl (C=O) groups is 2. The van der Waals surface area contributed by atoms with Gasteiger partial charge in [0.1, 0.15) is 0 Å². The van der Waals surface area contributed by atoms with E-state index in [2.05, 4.69) is 5.32 Å². The SMILES string of the molecule is CCNC(=O)CCN(C)C(C)=O. The van der Waals surface area contributed by atoms with E-state index in [-0.39, 0.29) is 11.8 Å². The lowest BCUT2D eigenvalue weighted by Crippen LogP contribution is -2.30. The molecule has 0 radical (unpaired) electrons. The Morgan fingerprint density at radius 2 is 2.00 bits per heavy atom. The fraction of sp³-hybridized carbons (Fsp3) is 0.750. The van der Waals surface area contributed by atoms with Crippen LogP contribution in [-0.4, -0.2) is 36.9 Å². The average molecular weight is 172 g/mol. The molecular formula is C8H16N2O2. The number of hydrogen-bond donors (Lipinski definition) is 1. The maximum atomic E-state index is 10.9. The van der Waals surface area contributed by atoms with Crippen molar-refractivity contribution in [3.63, 3.8) is 0 Å². The first-order valence-corrected chi connectivity index (χ1v) is 4.06. The molecule has 12 heavy (non-hydrogen) atoms. The van der Waals surface area contributed by atoms with Gasteiger partial charge < -0.3 is 10.2 Å². The number of amides is 2. The predicted octanol–water partition coefficient (Wildman–Crippen LogP) is -0.00910. The van der Waals surface area contributed by atoms with Gasteiger partial charge in [-0.2, -0.15) is 0 Å². The van der Waals surface area contributed by atoms with Crippen molar-refractivity contribution >= 4 is 11.8 Å². The van der Waals surface area contributed by atoms with Gasteiger partial charge in [0.25, 0.3) is 0 Å². The van der Waals surface area contributed by atoms with Crippen molar-refractivity contribution in [2.75, 3.05) is 20.1 Å². The van der Waals surface area contributed by atoms with Crippen molar-refractivity contribution in [2.24, 2.45) is 0 Å². The number of nitrogens with zero attached hydrogens (tertiary/aromatic N) is 1. The van der Waals surface area contributed by atoms with E-state index in [0.29, 0.717) is 19.5 Å². The molecule has 1 N–H and O–H groups in total. The molecule has 2 amide bonds. The summed E-state index contributed by atoms with van der Waals surface area (Å²) in [6.45, 7) is 4.48. The van der Waals surface area contributed by atoms with E-state index in [9.17, 15) is 9.59 Å². The van der Waals surface area contributed by atoms with Gasteiger partial charge in [0.2, 0.25) is 11.8 Å². The van der Waals surface area contributed by atoms with E-state index in [0.717, 1.165) is 0 Å². The zero-order valence-corrected chi connectivity index (χ0v) is 7.89. The zero-order chi connectivity index (χ0) is 9.56. The van der Waals surface area contributed by atoms with Gasteiger partial charge in [-0.25, -0.2) is 0 Å². The van der Waals surface area contributed by atoms with E-state index >= 15 is 0 Å². The van der Waals surface area contributed by atoms with Crippen LogP contribution in [-0.2, 0) is 9.59 Å². The third-order valence-corrected chi connectivity index (χ3v) is 1.59. The Balaban J connectivity index is 3.54. The van der Waals surface area contributed by atoms with Crippen LogP contribution in [0.4, 0.5) is 0 Å². The minimum absolute atomic E-state index is 0.00870. The average Bonchev–Trinajstić information content (AvgIpc) is 2.00. The molecule has 0 aromatic carbocycles. The van der Waals surface area contributed by atoms with Gasteiger partial charge in [0.05, 0.1) is 0 Å². The maximum absolute atomic E-state index is 10.9. The molecule has 0 spiro atoms. The molecule has 0 bridgehead atoms. The van der Waals surface area contributed by atoms with Gasteiger partial charge >= 0.3 is 0 Å². The number of carbonyl (C=O) groups excluding carboxylic acids is 2. The first-order valence-electron chi connectivity index (χ1n) is 4.06. The number of nitrogens with one attached hydrogen (secondary N) is 1. The lowest BCUT2D eigenvalue weighted by Gasteiger charge is -2.13. The van der Waals surface area contributed by atoms with Crippen LogP contribution in [0.5, 0.6) is 0 Å². The Bertz CT molecular complexity index is 168. The molecule has 0 rings (SSSR count). The molecule has 0 aromatic rings. The Morgan fingerprint density at radius 3 is 2.42 bits per heavy atom. The highest BCUT2D eigenvalue weighted by Crippen LogP contribution is 1.87. The molecule has 0 aliphatic rings. The zero-order valence-electron chi connectivity index (χ0n) is 7.89. The molecule has 0 aliphatic carbocycles. The van der Waals surface area contributed by atoms with E-state index in [4.69, 9.17) is 0 Å². The third-order valence-electron chi connectivity index (χ3n) is 1.59. The first-order chi connectivity index (χ1) is 5.57. The summed E-state index contributed by atoms with van der Waals surface area (Å²) in [5, 5.41) is 2.66. The van der Waals surface area contributed by atoms with E-state index in [1.165, 1.54) is 11.8 Å². The van der Waals surface area contributed by atoms with Crippen LogP contribution in [0.1, 0.15) is 20.3 Å². The van der Waals surface area contributed by atoms with Gasteiger partial charge in [-0.3, -0.25) is 9.59 Å². The largest absolute Gasteiger partial charge is 0.356 e. The van der Waals surface area contributed by atoms with Crippen LogP contribution in [0.25, 0.3) is 0 Å². The van der Waals surface area contributed by atoms with Crippen LogP contribution >= 0.6 is 0 Å². The van der Waals surface area contributed by atoms with Gasteiger partial charge in [-0.15, -0.1) is 0 Å². The van der Waals surface area contributed by atoms with Crippen LogP contribution in [0.15, 0.2) is 0 Å². The Hall–Kier alpha value is -1.06. The minimum atomic E-state index is -0.0145. The second kappa shape index (κ2) is 5.57. The molecule has 4 nitrogen and oxygen atoms in total. The predicted molar refractivity (Wildman–Crippen MR) is 46.6 cm³/mol. The number of hydrogen-bond acceptors (Lipinski definition) is 2. The highest BCUT2D eigenvalue weighted by molar-refractivity contribution is 5.77. The smallest absolute Gasteiger partial charge is 0.221 e. The molecule has 0 saturated heterocycles. The summed E-state index contributed by atoms with van der Waals surface area (Å²) in [6.07, 6.45) is 0.379. The molecule has 0 aliphatic heterocycles. The standard InChI is InChI=1S/C8H16N2O2/c1-4-9-8(12)5-6-10(3)7(2)11/h4-6H2,1-3H3,(H,9,12). The van der Waals surface area contributed by atoms with Gasteiger partial charge in [0, 0.05) is 33.5 Å². The van der Waals surface area contributed by atoms with Gasteiger partial charge in [0.15, 0.2) is 0 Å². The Kier molecular flexibility index (Phi) is 5.08. The summed E-state index contributed by atoms with van der Waals surface area (Å²) in [5.74, 6) is -0.0232. The Morgan fingerprint density at radius 1 is 1.42 bits per heavy atom. The fourth-order valence-electron chi connectivity index (χ4n) is 0.712. The summed E-state index contributed by atoms with van der Waals surface area (Å²) in [7, 11) is 1.68. The quantitative estimate of drug-likeness (QED) is 0.648. The van der Waals surface area contributed by atoms with Crippen molar-refractivity contribution in [3.8, 4) is 0 Å². The lowest BCUT2D eigenvalue weighted by atomic mass is 10.3. The molecule has 0 heterocycles. The number of rotatable bonds is 4. The maximum Gasteiger partial charge on any atom is 0.221 e. The van der Waals surface area contributed by atoms with E-state index in [1.54, 1.807) is 7.05 Å². The molecule has 0 aromatic heterocycles. The van der Waals surface area contributed by atoms with Gasteiger partial charge in [-0.05, 0) is 6.92 Å². The van der Waals surface area contributed by atoms with Crippen LogP contribution < -0.4 is 5.32 Å². The fourth-order valence-corrected chi connectivity index (χ4v) is 0.712. The van der Waals surface area contributed by atoms with Gasteiger partial charge in [-0.1, -0.05) is 0 Å². The third kappa shape index (κ3) is 4.71. The second-order valence-electron chi connectivity index (χ2n) is 2.64. The first kappa shape index (κ1) is 10.9. The van der Waals surface area contributed by atoms with Crippen LogP contribution in [0, 0.1) is 0 Å². The molecule has 0 fully saturated rings. The summed E-state index contributed by atoms with van der Waals surface area (Å²) in [5.41, 5.74) is 0. The molecule has 70 valence electrons. The molecule has 0 saturated carbocycles. The summed E-state index contributed by atoms with van der Waals surface area (Å²) < 4.78 is 0. The minimum Gasteiger partial charge on any atom is -0.356 e. The van der Waals surface area contributed by atoms with Crippen LogP contribution in [0.2, 0.25) is 0 Å². The Labute approximate surface area is 72.9 Å². The summed E-state index contributed by atoms with van der Waals surface area (Å²) in [6, 6.07) is 0. The van der Waals surface area contributed by atoms with E-state index in [1.807, 2.05) is 6.92 Å². The second-order valence-corrected chi connectivity index (χ2v) is 2.64. The summed E-state index contributed by atoms with van der Waals surface area (Å²) >= 11 is 0. The lowest BCUT2D eigenvalue weighted by molar-refractivity contribution is -0.128. The molecule has 4 heteroatoms. The van der Waals surface area contributed by atoms with Crippen molar-refractivity contribution in [2.45, 2.75) is 20.3 Å². The molecule has 0 atom stereocenters. The van der Waals surface area contributed by atoms with Crippen molar-refractivity contribution in [1.82, 2.24) is 10.2 Å². The monoisotopic (exact) mass is 172 g/mol. The van der Waals surface area contributed by atoms with E-state index < -0.39 is 0 Å². The van der Waals surface area contributed by atoms with Crippen molar-refractivity contribution in [1.29, 1.82) is 0 Å². The summed E-state index contributed by atoms with van der Waals surface area (Å²) in [4.78, 5) is 23.2.